The first kappa shape index (κ1) is 14.1. The number of carbonyl (C=O) groups excluding carboxylic acids is 1. The summed E-state index contributed by atoms with van der Waals surface area (Å²) in [4.78, 5) is 11.7. The molecule has 0 saturated heterocycles. The minimum absolute atomic E-state index is 0.0691. The number of anilines is 1. The van der Waals surface area contributed by atoms with E-state index in [-0.39, 0.29) is 11.0 Å². The lowest BCUT2D eigenvalue weighted by Crippen LogP contribution is -2.16. The van der Waals surface area contributed by atoms with Crippen molar-refractivity contribution in [2.75, 3.05) is 5.32 Å². The molecule has 1 aromatic carbocycles. The number of carbonyl (C=O) groups is 1. The van der Waals surface area contributed by atoms with E-state index in [1.165, 1.54) is 12.1 Å². The molecule has 0 bridgehead atoms. The van der Waals surface area contributed by atoms with Crippen LogP contribution >= 0.6 is 11.6 Å². The summed E-state index contributed by atoms with van der Waals surface area (Å²) in [6.07, 6.45) is 0. The highest BCUT2D eigenvalue weighted by Crippen LogP contribution is 2.26. The van der Waals surface area contributed by atoms with Crippen molar-refractivity contribution in [3.63, 3.8) is 0 Å². The summed E-state index contributed by atoms with van der Waals surface area (Å²) < 4.78 is 39.4. The second-order valence-electron chi connectivity index (χ2n) is 3.58. The van der Waals surface area contributed by atoms with Gasteiger partial charge < -0.3 is 10.4 Å². The van der Waals surface area contributed by atoms with Gasteiger partial charge in [-0.1, -0.05) is 11.6 Å². The average molecular weight is 304 g/mol. The first-order valence-electron chi connectivity index (χ1n) is 5.07. The quantitative estimate of drug-likeness (QED) is 0.836. The van der Waals surface area contributed by atoms with Crippen molar-refractivity contribution in [3.05, 3.63) is 46.4 Å². The Morgan fingerprint density at radius 2 is 1.90 bits per heavy atom. The summed E-state index contributed by atoms with van der Waals surface area (Å²) in [6.45, 7) is 0. The van der Waals surface area contributed by atoms with Gasteiger partial charge in [0, 0.05) is 0 Å². The second kappa shape index (κ2) is 5.33. The van der Waals surface area contributed by atoms with Crippen molar-refractivity contribution >= 4 is 23.3 Å². The molecule has 20 heavy (non-hydrogen) atoms. The fourth-order valence-corrected chi connectivity index (χ4v) is 1.42. The minimum atomic E-state index is -1.77. The van der Waals surface area contributed by atoms with E-state index in [4.69, 9.17) is 16.7 Å². The van der Waals surface area contributed by atoms with E-state index in [0.29, 0.717) is 6.07 Å². The van der Waals surface area contributed by atoms with E-state index in [0.717, 1.165) is 0 Å². The van der Waals surface area contributed by atoms with Crippen LogP contribution in [-0.2, 0) is 0 Å². The van der Waals surface area contributed by atoms with Crippen LogP contribution in [0.15, 0.2) is 18.2 Å². The zero-order valence-corrected chi connectivity index (χ0v) is 10.2. The van der Waals surface area contributed by atoms with E-state index < -0.39 is 34.7 Å². The van der Waals surface area contributed by atoms with E-state index in [9.17, 15) is 18.0 Å². The fraction of sp³-hybridized carbons (Fsp3) is 0. The highest BCUT2D eigenvalue weighted by molar-refractivity contribution is 6.29. The third-order valence-corrected chi connectivity index (χ3v) is 2.45. The normalized spacial score (nSPS) is 10.4. The van der Waals surface area contributed by atoms with Gasteiger partial charge in [-0.05, 0) is 18.2 Å². The summed E-state index contributed by atoms with van der Waals surface area (Å²) in [5, 5.41) is 18.1. The van der Waals surface area contributed by atoms with Gasteiger partial charge in [0.2, 0.25) is 5.82 Å². The van der Waals surface area contributed by atoms with Crippen molar-refractivity contribution in [3.8, 4) is 5.75 Å². The van der Waals surface area contributed by atoms with Crippen LogP contribution in [0.25, 0.3) is 0 Å². The number of rotatable bonds is 2. The molecule has 1 heterocycles. The van der Waals surface area contributed by atoms with Crippen LogP contribution in [0.4, 0.5) is 19.0 Å². The number of hydrogen-bond acceptors (Lipinski definition) is 4. The maximum absolute atomic E-state index is 13.5. The third kappa shape index (κ3) is 2.64. The predicted octanol–water partition coefficient (Wildman–Crippen LogP) is 2.51. The summed E-state index contributed by atoms with van der Waals surface area (Å²) >= 11 is 5.48. The summed E-state index contributed by atoms with van der Waals surface area (Å²) in [6, 6.07) is 2.90. The predicted molar refractivity (Wildman–Crippen MR) is 63.0 cm³/mol. The van der Waals surface area contributed by atoms with Crippen LogP contribution in [0.5, 0.6) is 5.75 Å². The number of benzene rings is 1. The molecule has 2 rings (SSSR count). The lowest BCUT2D eigenvalue weighted by atomic mass is 10.1. The monoisotopic (exact) mass is 303 g/mol. The number of phenols is 1. The van der Waals surface area contributed by atoms with Crippen LogP contribution in [0, 0.1) is 17.5 Å². The molecular weight excluding hydrogens is 299 g/mol. The van der Waals surface area contributed by atoms with Crippen LogP contribution in [0.2, 0.25) is 5.15 Å². The smallest absolute Gasteiger partial charge is 0.260 e. The first-order valence-corrected chi connectivity index (χ1v) is 5.45. The molecule has 2 aromatic rings. The summed E-state index contributed by atoms with van der Waals surface area (Å²) in [5.74, 6) is -7.70. The van der Waals surface area contributed by atoms with Gasteiger partial charge in [-0.3, -0.25) is 4.79 Å². The standard InChI is InChI=1S/C11H5ClF3N3O2/c12-6-1-2-7(18-17-6)16-11(20)4-3-5(13)9(15)10(19)8(4)14/h1-3,19H,(H,16,18,20). The molecule has 1 amide bonds. The third-order valence-electron chi connectivity index (χ3n) is 2.25. The Morgan fingerprint density at radius 3 is 2.50 bits per heavy atom. The average Bonchev–Trinajstić information content (AvgIpc) is 2.43. The fourth-order valence-electron chi connectivity index (χ4n) is 1.32. The Balaban J connectivity index is 2.32. The van der Waals surface area contributed by atoms with Crippen molar-refractivity contribution in [2.24, 2.45) is 0 Å². The molecule has 9 heteroatoms. The van der Waals surface area contributed by atoms with Crippen LogP contribution in [0.3, 0.4) is 0 Å². The Hall–Kier alpha value is -2.35. The van der Waals surface area contributed by atoms with E-state index in [2.05, 4.69) is 15.5 Å². The van der Waals surface area contributed by atoms with E-state index in [1.54, 1.807) is 0 Å². The van der Waals surface area contributed by atoms with Gasteiger partial charge in [0.25, 0.3) is 5.91 Å². The molecule has 0 aliphatic heterocycles. The van der Waals surface area contributed by atoms with Gasteiger partial charge in [-0.15, -0.1) is 10.2 Å². The maximum Gasteiger partial charge on any atom is 0.260 e. The minimum Gasteiger partial charge on any atom is -0.503 e. The largest absolute Gasteiger partial charge is 0.503 e. The van der Waals surface area contributed by atoms with Gasteiger partial charge >= 0.3 is 0 Å². The number of amides is 1. The zero-order valence-electron chi connectivity index (χ0n) is 9.49. The number of phenolic OH excluding ortho intramolecular Hbond substituents is 1. The topological polar surface area (TPSA) is 75.1 Å². The first-order chi connectivity index (χ1) is 9.40. The highest BCUT2D eigenvalue weighted by Gasteiger charge is 2.22. The molecule has 0 aliphatic rings. The lowest BCUT2D eigenvalue weighted by molar-refractivity contribution is 0.102. The molecule has 1 aromatic heterocycles. The molecule has 0 fully saturated rings. The van der Waals surface area contributed by atoms with Gasteiger partial charge in [-0.2, -0.15) is 4.39 Å². The molecule has 0 radical (unpaired) electrons. The number of aromatic hydroxyl groups is 1. The molecule has 0 saturated carbocycles. The maximum atomic E-state index is 13.5. The molecule has 0 atom stereocenters. The van der Waals surface area contributed by atoms with Gasteiger partial charge in [0.15, 0.2) is 28.4 Å². The van der Waals surface area contributed by atoms with Crippen molar-refractivity contribution in [2.45, 2.75) is 0 Å². The molecule has 0 spiro atoms. The molecule has 5 nitrogen and oxygen atoms in total. The number of nitrogens with one attached hydrogen (secondary N) is 1. The second-order valence-corrected chi connectivity index (χ2v) is 3.97. The van der Waals surface area contributed by atoms with Crippen LogP contribution in [-0.4, -0.2) is 21.2 Å². The SMILES string of the molecule is O=C(Nc1ccc(Cl)nn1)c1cc(F)c(F)c(O)c1F. The zero-order chi connectivity index (χ0) is 14.9. The summed E-state index contributed by atoms with van der Waals surface area (Å²) in [7, 11) is 0. The lowest BCUT2D eigenvalue weighted by Gasteiger charge is -2.07. The molecule has 2 N–H and O–H groups in total. The van der Waals surface area contributed by atoms with Crippen LogP contribution in [0.1, 0.15) is 10.4 Å². The van der Waals surface area contributed by atoms with E-state index >= 15 is 0 Å². The Kier molecular flexibility index (Phi) is 3.75. The number of halogens is 4. The van der Waals surface area contributed by atoms with Crippen molar-refractivity contribution in [1.82, 2.24) is 10.2 Å². The Labute approximate surface area is 115 Å². The van der Waals surface area contributed by atoms with Gasteiger partial charge in [0.1, 0.15) is 0 Å². The number of hydrogen-bond donors (Lipinski definition) is 2. The summed E-state index contributed by atoms with van der Waals surface area (Å²) in [5.41, 5.74) is -0.877. The molecule has 104 valence electrons. The van der Waals surface area contributed by atoms with Crippen molar-refractivity contribution < 1.29 is 23.1 Å². The van der Waals surface area contributed by atoms with Gasteiger partial charge in [0.05, 0.1) is 5.56 Å². The highest BCUT2D eigenvalue weighted by atomic mass is 35.5. The Morgan fingerprint density at radius 1 is 1.20 bits per heavy atom. The van der Waals surface area contributed by atoms with Crippen LogP contribution < -0.4 is 5.32 Å². The molecular formula is C11H5ClF3N3O2. The number of aromatic nitrogens is 2. The van der Waals surface area contributed by atoms with E-state index in [1.807, 2.05) is 0 Å². The number of nitrogens with zero attached hydrogens (tertiary/aromatic N) is 2. The van der Waals surface area contributed by atoms with Crippen molar-refractivity contribution in [1.29, 1.82) is 0 Å². The Bertz CT molecular complexity index is 680. The van der Waals surface area contributed by atoms with Gasteiger partial charge in [-0.25, -0.2) is 8.78 Å². The molecule has 0 unspecified atom stereocenters. The molecule has 0 aliphatic carbocycles.